The fourth-order valence-corrected chi connectivity index (χ4v) is 4.08. The first kappa shape index (κ1) is 19.2. The van der Waals surface area contributed by atoms with Crippen LogP contribution in [0.2, 0.25) is 0 Å². The van der Waals surface area contributed by atoms with E-state index in [1.165, 1.54) is 19.4 Å². The van der Waals surface area contributed by atoms with Crippen molar-refractivity contribution in [2.75, 3.05) is 18.7 Å². The maximum absolute atomic E-state index is 12.4. The molecule has 1 aliphatic rings. The van der Waals surface area contributed by atoms with Crippen LogP contribution in [0, 0.1) is 5.92 Å². The van der Waals surface area contributed by atoms with Crippen LogP contribution in [0.15, 0.2) is 30.3 Å². The first-order chi connectivity index (χ1) is 11.8. The van der Waals surface area contributed by atoms with Gasteiger partial charge in [0, 0.05) is 23.9 Å². The summed E-state index contributed by atoms with van der Waals surface area (Å²) < 4.78 is 27.7. The number of rotatable bonds is 5. The largest absolute Gasteiger partial charge is 0.466 e. The molecule has 0 aliphatic heterocycles. The van der Waals surface area contributed by atoms with Gasteiger partial charge in [-0.15, -0.1) is 0 Å². The van der Waals surface area contributed by atoms with Gasteiger partial charge < -0.3 is 10.1 Å². The standard InChI is InChI=1S/C18H23NO5S/c1-24-17(20)11-6-13-4-3-5-15(12-13)19-18(21)14-7-9-16(10-8-14)25(2,22)23/h3-6,11-12,14,16H,7-10H2,1-2H3,(H,19,21)/b11-6+/t14-,16+. The van der Waals surface area contributed by atoms with Crippen molar-refractivity contribution in [3.05, 3.63) is 35.9 Å². The number of ether oxygens (including phenoxy) is 1. The van der Waals surface area contributed by atoms with Crippen LogP contribution in [0.5, 0.6) is 0 Å². The second-order valence-electron chi connectivity index (χ2n) is 6.27. The molecule has 1 saturated carbocycles. The Labute approximate surface area is 148 Å². The molecule has 6 nitrogen and oxygen atoms in total. The number of carbonyl (C=O) groups excluding carboxylic acids is 2. The van der Waals surface area contributed by atoms with Crippen molar-refractivity contribution in [2.45, 2.75) is 30.9 Å². The van der Waals surface area contributed by atoms with Crippen LogP contribution >= 0.6 is 0 Å². The molecular formula is C18H23NO5S. The molecule has 0 saturated heterocycles. The molecule has 1 amide bonds. The molecule has 0 radical (unpaired) electrons. The van der Waals surface area contributed by atoms with E-state index in [0.717, 1.165) is 5.56 Å². The zero-order valence-corrected chi connectivity index (χ0v) is 15.2. The highest BCUT2D eigenvalue weighted by molar-refractivity contribution is 7.91. The molecule has 1 N–H and O–H groups in total. The van der Waals surface area contributed by atoms with E-state index in [1.54, 1.807) is 24.3 Å². The molecule has 0 atom stereocenters. The van der Waals surface area contributed by atoms with Gasteiger partial charge in [0.15, 0.2) is 0 Å². The van der Waals surface area contributed by atoms with Gasteiger partial charge in [-0.3, -0.25) is 4.79 Å². The first-order valence-electron chi connectivity index (χ1n) is 8.15. The molecule has 1 aliphatic carbocycles. The topological polar surface area (TPSA) is 89.5 Å². The Morgan fingerprint density at radius 1 is 1.20 bits per heavy atom. The van der Waals surface area contributed by atoms with E-state index in [1.807, 2.05) is 6.07 Å². The van der Waals surface area contributed by atoms with E-state index in [0.29, 0.717) is 31.4 Å². The Hall–Kier alpha value is -2.15. The zero-order chi connectivity index (χ0) is 18.4. The smallest absolute Gasteiger partial charge is 0.330 e. The van der Waals surface area contributed by atoms with Gasteiger partial charge in [-0.1, -0.05) is 12.1 Å². The summed E-state index contributed by atoms with van der Waals surface area (Å²) in [6, 6.07) is 7.13. The number of anilines is 1. The predicted molar refractivity (Wildman–Crippen MR) is 96.7 cm³/mol. The minimum Gasteiger partial charge on any atom is -0.466 e. The molecular weight excluding hydrogens is 342 g/mol. The summed E-state index contributed by atoms with van der Waals surface area (Å²) in [4.78, 5) is 23.5. The Bertz CT molecular complexity index is 761. The van der Waals surface area contributed by atoms with Crippen molar-refractivity contribution in [2.24, 2.45) is 5.92 Å². The zero-order valence-electron chi connectivity index (χ0n) is 14.4. The molecule has 0 spiro atoms. The molecule has 1 aromatic carbocycles. The number of amides is 1. The van der Waals surface area contributed by atoms with Crippen LogP contribution < -0.4 is 5.32 Å². The molecule has 0 aromatic heterocycles. The van der Waals surface area contributed by atoms with Crippen LogP contribution in [0.4, 0.5) is 5.69 Å². The SMILES string of the molecule is COC(=O)/C=C/c1cccc(NC(=O)[C@H]2CC[C@@H](S(C)(=O)=O)CC2)c1. The van der Waals surface area contributed by atoms with Crippen LogP contribution in [0.25, 0.3) is 6.08 Å². The summed E-state index contributed by atoms with van der Waals surface area (Å²) >= 11 is 0. The minimum atomic E-state index is -3.03. The van der Waals surface area contributed by atoms with Crippen molar-refractivity contribution in [3.63, 3.8) is 0 Å². The lowest BCUT2D eigenvalue weighted by atomic mass is 9.88. The fraction of sp³-hybridized carbons (Fsp3) is 0.444. The van der Waals surface area contributed by atoms with E-state index in [-0.39, 0.29) is 17.1 Å². The van der Waals surface area contributed by atoms with E-state index in [4.69, 9.17) is 0 Å². The number of sulfone groups is 1. The van der Waals surface area contributed by atoms with E-state index < -0.39 is 15.8 Å². The number of methoxy groups -OCH3 is 1. The van der Waals surface area contributed by atoms with E-state index >= 15 is 0 Å². The lowest BCUT2D eigenvalue weighted by Crippen LogP contribution is -2.32. The summed E-state index contributed by atoms with van der Waals surface area (Å²) in [6.45, 7) is 0. The van der Waals surface area contributed by atoms with Crippen LogP contribution in [0.3, 0.4) is 0 Å². The van der Waals surface area contributed by atoms with Gasteiger partial charge in [0.2, 0.25) is 5.91 Å². The highest BCUT2D eigenvalue weighted by Crippen LogP contribution is 2.29. The number of esters is 1. The Kier molecular flexibility index (Phi) is 6.36. The molecule has 1 aromatic rings. The maximum Gasteiger partial charge on any atom is 0.330 e. The van der Waals surface area contributed by atoms with Gasteiger partial charge in [0.25, 0.3) is 0 Å². The normalized spacial score (nSPS) is 21.0. The lowest BCUT2D eigenvalue weighted by molar-refractivity contribution is -0.134. The number of hydrogen-bond donors (Lipinski definition) is 1. The number of hydrogen-bond acceptors (Lipinski definition) is 5. The number of nitrogens with one attached hydrogen (secondary N) is 1. The van der Waals surface area contributed by atoms with Crippen molar-refractivity contribution in [3.8, 4) is 0 Å². The summed E-state index contributed by atoms with van der Waals surface area (Å²) in [5.41, 5.74) is 1.41. The van der Waals surface area contributed by atoms with Crippen molar-refractivity contribution < 1.29 is 22.7 Å². The van der Waals surface area contributed by atoms with E-state index in [9.17, 15) is 18.0 Å². The highest BCUT2D eigenvalue weighted by Gasteiger charge is 2.31. The van der Waals surface area contributed by atoms with Gasteiger partial charge in [-0.2, -0.15) is 0 Å². The number of carbonyl (C=O) groups is 2. The van der Waals surface area contributed by atoms with Crippen LogP contribution in [-0.2, 0) is 24.2 Å². The third-order valence-corrected chi connectivity index (χ3v) is 6.10. The third kappa shape index (κ3) is 5.70. The predicted octanol–water partition coefficient (Wildman–Crippen LogP) is 2.41. The summed E-state index contributed by atoms with van der Waals surface area (Å²) in [5.74, 6) is -0.717. The van der Waals surface area contributed by atoms with Crippen LogP contribution in [0.1, 0.15) is 31.2 Å². The lowest BCUT2D eigenvalue weighted by Gasteiger charge is -2.26. The third-order valence-electron chi connectivity index (χ3n) is 4.42. The summed E-state index contributed by atoms with van der Waals surface area (Å²) in [5, 5.41) is 2.54. The Morgan fingerprint density at radius 2 is 1.88 bits per heavy atom. The summed E-state index contributed by atoms with van der Waals surface area (Å²) in [7, 11) is -1.72. The van der Waals surface area contributed by atoms with Gasteiger partial charge >= 0.3 is 5.97 Å². The maximum atomic E-state index is 12.4. The average molecular weight is 365 g/mol. The van der Waals surface area contributed by atoms with Gasteiger partial charge in [-0.05, 0) is 49.5 Å². The molecule has 0 heterocycles. The summed E-state index contributed by atoms with van der Waals surface area (Å²) in [6.07, 6.45) is 6.38. The monoisotopic (exact) mass is 365 g/mol. The number of benzene rings is 1. The average Bonchev–Trinajstić information content (AvgIpc) is 2.59. The Balaban J connectivity index is 1.95. The quantitative estimate of drug-likeness (QED) is 0.639. The first-order valence-corrected chi connectivity index (χ1v) is 10.1. The van der Waals surface area contributed by atoms with Gasteiger partial charge in [-0.25, -0.2) is 13.2 Å². The molecule has 0 unspecified atom stereocenters. The molecule has 2 rings (SSSR count). The van der Waals surface area contributed by atoms with Crippen LogP contribution in [-0.4, -0.2) is 38.9 Å². The minimum absolute atomic E-state index is 0.0963. The molecule has 7 heteroatoms. The van der Waals surface area contributed by atoms with Crippen molar-refractivity contribution in [1.82, 2.24) is 0 Å². The Morgan fingerprint density at radius 3 is 2.48 bits per heavy atom. The molecule has 0 bridgehead atoms. The van der Waals surface area contributed by atoms with Gasteiger partial charge in [0.1, 0.15) is 9.84 Å². The van der Waals surface area contributed by atoms with E-state index in [2.05, 4.69) is 10.1 Å². The fourth-order valence-electron chi connectivity index (χ4n) is 2.95. The molecule has 136 valence electrons. The highest BCUT2D eigenvalue weighted by atomic mass is 32.2. The molecule has 1 fully saturated rings. The van der Waals surface area contributed by atoms with Crippen molar-refractivity contribution in [1.29, 1.82) is 0 Å². The van der Waals surface area contributed by atoms with Gasteiger partial charge in [0.05, 0.1) is 12.4 Å². The molecule has 25 heavy (non-hydrogen) atoms. The van der Waals surface area contributed by atoms with Crippen molar-refractivity contribution >= 4 is 33.5 Å². The second-order valence-corrected chi connectivity index (χ2v) is 8.60. The second kappa shape index (κ2) is 8.29.